The van der Waals surface area contributed by atoms with Crippen LogP contribution in [-0.4, -0.2) is 31.6 Å². The standard InChI is InChI=1S/C22H17F3N6O/c1-13(22(23,24)25)20-14(9-26)4-3-5-18(20)21(32)29-16-7-6-15-10-28-31(19(15)8-16)17-11-27-30(2)12-17/h3-8,10-13H,1-2H3,(H,29,32)/t13-/m1/s1. The van der Waals surface area contributed by atoms with Gasteiger partial charge in [-0.2, -0.15) is 28.6 Å². The minimum absolute atomic E-state index is 0.187. The lowest BCUT2D eigenvalue weighted by atomic mass is 9.90. The number of carbonyl (C=O) groups is 1. The van der Waals surface area contributed by atoms with E-state index >= 15 is 0 Å². The van der Waals surface area contributed by atoms with Crippen LogP contribution < -0.4 is 5.32 Å². The number of alkyl halides is 3. The predicted molar refractivity (Wildman–Crippen MR) is 111 cm³/mol. The number of amides is 1. The Labute approximate surface area is 180 Å². The summed E-state index contributed by atoms with van der Waals surface area (Å²) in [6.07, 6.45) is 0.469. The summed E-state index contributed by atoms with van der Waals surface area (Å²) in [7, 11) is 1.77. The van der Waals surface area contributed by atoms with Gasteiger partial charge in [0.1, 0.15) is 5.69 Å². The topological polar surface area (TPSA) is 88.5 Å². The average molecular weight is 438 g/mol. The molecule has 0 fully saturated rings. The van der Waals surface area contributed by atoms with Gasteiger partial charge in [0.2, 0.25) is 0 Å². The monoisotopic (exact) mass is 438 g/mol. The summed E-state index contributed by atoms with van der Waals surface area (Å²) in [6.45, 7) is 0.936. The van der Waals surface area contributed by atoms with Gasteiger partial charge in [-0.05, 0) is 42.8 Å². The zero-order valence-electron chi connectivity index (χ0n) is 17.1. The molecule has 0 unspecified atom stereocenters. The molecule has 7 nitrogen and oxygen atoms in total. The van der Waals surface area contributed by atoms with Crippen LogP contribution in [0.3, 0.4) is 0 Å². The van der Waals surface area contributed by atoms with Crippen molar-refractivity contribution in [3.8, 4) is 11.8 Å². The molecule has 2 aromatic carbocycles. The van der Waals surface area contributed by atoms with Gasteiger partial charge in [0.15, 0.2) is 0 Å². The van der Waals surface area contributed by atoms with Gasteiger partial charge in [-0.3, -0.25) is 9.48 Å². The van der Waals surface area contributed by atoms with Crippen LogP contribution in [0.4, 0.5) is 18.9 Å². The van der Waals surface area contributed by atoms with Gasteiger partial charge < -0.3 is 5.32 Å². The van der Waals surface area contributed by atoms with Crippen LogP contribution in [0.2, 0.25) is 0 Å². The highest BCUT2D eigenvalue weighted by Crippen LogP contribution is 2.38. The number of anilines is 1. The Bertz CT molecular complexity index is 1360. The Morgan fingerprint density at radius 1 is 1.19 bits per heavy atom. The van der Waals surface area contributed by atoms with Crippen molar-refractivity contribution in [3.63, 3.8) is 0 Å². The Morgan fingerprint density at radius 3 is 2.62 bits per heavy atom. The largest absolute Gasteiger partial charge is 0.395 e. The maximum absolute atomic E-state index is 13.4. The van der Waals surface area contributed by atoms with Crippen molar-refractivity contribution in [2.45, 2.75) is 19.0 Å². The Balaban J connectivity index is 1.71. The van der Waals surface area contributed by atoms with E-state index in [0.717, 1.165) is 12.3 Å². The molecule has 0 aliphatic rings. The average Bonchev–Trinajstić information content (AvgIpc) is 3.37. The molecule has 0 spiro atoms. The zero-order valence-corrected chi connectivity index (χ0v) is 17.1. The van der Waals surface area contributed by atoms with E-state index in [1.165, 1.54) is 18.2 Å². The second-order valence-electron chi connectivity index (χ2n) is 7.30. The minimum Gasteiger partial charge on any atom is -0.322 e. The molecule has 0 saturated heterocycles. The van der Waals surface area contributed by atoms with E-state index in [4.69, 9.17) is 0 Å². The second kappa shape index (κ2) is 7.85. The molecule has 2 aromatic heterocycles. The highest BCUT2D eigenvalue weighted by atomic mass is 19.4. The van der Waals surface area contributed by atoms with Gasteiger partial charge >= 0.3 is 6.18 Å². The molecular weight excluding hydrogens is 421 g/mol. The first kappa shape index (κ1) is 21.1. The third-order valence-corrected chi connectivity index (χ3v) is 5.16. The second-order valence-corrected chi connectivity index (χ2v) is 7.30. The van der Waals surface area contributed by atoms with E-state index in [-0.39, 0.29) is 16.7 Å². The molecule has 10 heteroatoms. The number of aryl methyl sites for hydroxylation is 1. The fraction of sp³-hybridized carbons (Fsp3) is 0.182. The maximum Gasteiger partial charge on any atom is 0.395 e. The van der Waals surface area contributed by atoms with Crippen LogP contribution >= 0.6 is 0 Å². The molecule has 0 saturated carbocycles. The zero-order chi connectivity index (χ0) is 23.0. The lowest BCUT2D eigenvalue weighted by Crippen LogP contribution is -2.23. The summed E-state index contributed by atoms with van der Waals surface area (Å²) < 4.78 is 43.5. The molecule has 4 aromatic rings. The first-order chi connectivity index (χ1) is 15.2. The maximum atomic E-state index is 13.4. The first-order valence-corrected chi connectivity index (χ1v) is 9.57. The molecule has 2 heterocycles. The first-order valence-electron chi connectivity index (χ1n) is 9.57. The summed E-state index contributed by atoms with van der Waals surface area (Å²) in [4.78, 5) is 12.9. The molecule has 4 rings (SSSR count). The molecule has 1 atom stereocenters. The third kappa shape index (κ3) is 3.80. The van der Waals surface area contributed by atoms with E-state index < -0.39 is 18.0 Å². The third-order valence-electron chi connectivity index (χ3n) is 5.16. The van der Waals surface area contributed by atoms with Crippen molar-refractivity contribution in [2.75, 3.05) is 5.32 Å². The molecular formula is C22H17F3N6O. The summed E-state index contributed by atoms with van der Waals surface area (Å²) in [5.41, 5.74) is 1.05. The van der Waals surface area contributed by atoms with Gasteiger partial charge in [-0.15, -0.1) is 0 Å². The van der Waals surface area contributed by atoms with Crippen LogP contribution in [-0.2, 0) is 7.05 Å². The summed E-state index contributed by atoms with van der Waals surface area (Å²) in [6, 6.07) is 10.8. The predicted octanol–water partition coefficient (Wildman–Crippen LogP) is 4.55. The number of aromatic nitrogens is 4. The number of hydrogen-bond donors (Lipinski definition) is 1. The van der Waals surface area contributed by atoms with Gasteiger partial charge in [-0.25, -0.2) is 4.68 Å². The van der Waals surface area contributed by atoms with Gasteiger partial charge in [-0.1, -0.05) is 6.07 Å². The van der Waals surface area contributed by atoms with E-state index in [1.54, 1.807) is 59.3 Å². The fourth-order valence-electron chi connectivity index (χ4n) is 3.51. The quantitative estimate of drug-likeness (QED) is 0.506. The number of fused-ring (bicyclic) bond motifs is 1. The Hall–Kier alpha value is -4.13. The lowest BCUT2D eigenvalue weighted by Gasteiger charge is -2.20. The van der Waals surface area contributed by atoms with E-state index in [0.29, 0.717) is 16.9 Å². The van der Waals surface area contributed by atoms with Crippen molar-refractivity contribution < 1.29 is 18.0 Å². The fourth-order valence-corrected chi connectivity index (χ4v) is 3.51. The molecule has 0 bridgehead atoms. The summed E-state index contributed by atoms with van der Waals surface area (Å²) in [5, 5.41) is 21.2. The number of rotatable bonds is 4. The number of carbonyl (C=O) groups excluding carboxylic acids is 1. The highest BCUT2D eigenvalue weighted by Gasteiger charge is 2.40. The molecule has 1 N–H and O–H groups in total. The number of hydrogen-bond acceptors (Lipinski definition) is 4. The molecule has 32 heavy (non-hydrogen) atoms. The SMILES string of the molecule is C[C@H](c1c(C#N)cccc1C(=O)Nc1ccc2cnn(-c3cnn(C)c3)c2c1)C(F)(F)F. The number of nitriles is 1. The van der Waals surface area contributed by atoms with Crippen LogP contribution in [0.1, 0.15) is 34.3 Å². The minimum atomic E-state index is -4.60. The lowest BCUT2D eigenvalue weighted by molar-refractivity contribution is -0.146. The van der Waals surface area contributed by atoms with Crippen molar-refractivity contribution in [1.29, 1.82) is 5.26 Å². The number of nitrogens with zero attached hydrogens (tertiary/aromatic N) is 5. The molecule has 0 aliphatic heterocycles. The van der Waals surface area contributed by atoms with Crippen LogP contribution in [0.25, 0.3) is 16.6 Å². The molecule has 162 valence electrons. The Morgan fingerprint density at radius 2 is 1.97 bits per heavy atom. The van der Waals surface area contributed by atoms with Crippen LogP contribution in [0, 0.1) is 11.3 Å². The highest BCUT2D eigenvalue weighted by molar-refractivity contribution is 6.06. The van der Waals surface area contributed by atoms with Crippen LogP contribution in [0.5, 0.6) is 0 Å². The van der Waals surface area contributed by atoms with Crippen molar-refractivity contribution in [1.82, 2.24) is 19.6 Å². The van der Waals surface area contributed by atoms with E-state index in [1.807, 2.05) is 0 Å². The van der Waals surface area contributed by atoms with Crippen LogP contribution in [0.15, 0.2) is 55.0 Å². The Kier molecular flexibility index (Phi) is 5.18. The number of nitrogens with one attached hydrogen (secondary N) is 1. The van der Waals surface area contributed by atoms with E-state index in [2.05, 4.69) is 15.5 Å². The van der Waals surface area contributed by atoms with E-state index in [9.17, 15) is 23.2 Å². The molecule has 0 aliphatic carbocycles. The van der Waals surface area contributed by atoms with Crippen molar-refractivity contribution >= 4 is 22.5 Å². The molecule has 0 radical (unpaired) electrons. The summed E-state index contributed by atoms with van der Waals surface area (Å²) in [5.74, 6) is -2.71. The number of benzene rings is 2. The number of halogens is 3. The smallest absolute Gasteiger partial charge is 0.322 e. The van der Waals surface area contributed by atoms with Gasteiger partial charge in [0.25, 0.3) is 5.91 Å². The van der Waals surface area contributed by atoms with Crippen molar-refractivity contribution in [2.24, 2.45) is 7.05 Å². The van der Waals surface area contributed by atoms with Crippen molar-refractivity contribution in [3.05, 3.63) is 71.7 Å². The molecule has 1 amide bonds. The summed E-state index contributed by atoms with van der Waals surface area (Å²) >= 11 is 0. The normalized spacial score (nSPS) is 12.5. The van der Waals surface area contributed by atoms with Gasteiger partial charge in [0.05, 0.1) is 41.7 Å². The van der Waals surface area contributed by atoms with Gasteiger partial charge in [0, 0.05) is 23.7 Å².